The summed E-state index contributed by atoms with van der Waals surface area (Å²) in [5.41, 5.74) is 0.468. The number of hydrogen-bond acceptors (Lipinski definition) is 7. The average molecular weight is 418 g/mol. The monoisotopic (exact) mass is 417 g/mol. The maximum absolute atomic E-state index is 12.3. The minimum atomic E-state index is -3.44. The normalized spacial score (nSPS) is 13.2. The summed E-state index contributed by atoms with van der Waals surface area (Å²) in [6.45, 7) is 8.11. The first kappa shape index (κ1) is 22.9. The van der Waals surface area contributed by atoms with Crippen LogP contribution in [-0.4, -0.2) is 46.6 Å². The van der Waals surface area contributed by atoms with E-state index < -0.39 is 29.0 Å². The van der Waals surface area contributed by atoms with Crippen LogP contribution in [0.15, 0.2) is 30.3 Å². The Bertz CT molecular complexity index is 702. The van der Waals surface area contributed by atoms with Crippen LogP contribution >= 0.6 is 11.0 Å². The highest BCUT2D eigenvalue weighted by Crippen LogP contribution is 2.18. The zero-order valence-corrected chi connectivity index (χ0v) is 18.3. The minimum absolute atomic E-state index is 0.0442. The Morgan fingerprint density at radius 2 is 1.81 bits per heavy atom. The Morgan fingerprint density at radius 1 is 1.19 bits per heavy atom. The largest absolute Gasteiger partial charge is 0.465 e. The van der Waals surface area contributed by atoms with Crippen LogP contribution in [0.3, 0.4) is 0 Å². The SMILES string of the molecule is CCOC(=O)[C@H](CC(=O)c1ccccc1)NSS(=O)(=O)CC[Si](C)(C)C. The van der Waals surface area contributed by atoms with Gasteiger partial charge in [0, 0.05) is 20.1 Å². The standard InChI is InChI=1S/C17H27NO5S2Si/c1-5-23-17(20)15(13-16(19)14-9-7-6-8-10-14)18-24-25(21,22)11-12-26(2,3)4/h6-10,15,18H,5,11-13H2,1-4H3/t15-/m0/s1. The van der Waals surface area contributed by atoms with Gasteiger partial charge in [0.25, 0.3) is 0 Å². The lowest BCUT2D eigenvalue weighted by molar-refractivity contribution is -0.145. The molecular formula is C17H27NO5S2Si. The van der Waals surface area contributed by atoms with Crippen LogP contribution < -0.4 is 4.72 Å². The van der Waals surface area contributed by atoms with Crippen LogP contribution in [0.1, 0.15) is 23.7 Å². The molecule has 0 heterocycles. The summed E-state index contributed by atoms with van der Waals surface area (Å²) in [5, 5.41) is 0. The van der Waals surface area contributed by atoms with Gasteiger partial charge in [0.05, 0.1) is 23.3 Å². The number of benzene rings is 1. The Hall–Kier alpha value is -1.16. The fourth-order valence-electron chi connectivity index (χ4n) is 1.95. The van der Waals surface area contributed by atoms with Crippen molar-refractivity contribution < 1.29 is 22.7 Å². The number of Topliss-reactive ketones (excluding diaryl/α,β-unsaturated/α-hetero) is 1. The molecule has 0 aliphatic rings. The molecule has 0 aromatic heterocycles. The lowest BCUT2D eigenvalue weighted by Crippen LogP contribution is -2.37. The number of nitrogens with one attached hydrogen (secondary N) is 1. The molecule has 0 bridgehead atoms. The number of ether oxygens (including phenoxy) is 1. The van der Waals surface area contributed by atoms with E-state index in [1.807, 2.05) is 0 Å². The third-order valence-corrected chi connectivity index (χ3v) is 8.48. The smallest absolute Gasteiger partial charge is 0.324 e. The molecule has 1 atom stereocenters. The number of ketones is 1. The van der Waals surface area contributed by atoms with Crippen molar-refractivity contribution in [3.05, 3.63) is 35.9 Å². The third kappa shape index (κ3) is 8.97. The fraction of sp³-hybridized carbons (Fsp3) is 0.529. The Morgan fingerprint density at radius 3 is 2.35 bits per heavy atom. The highest BCUT2D eigenvalue weighted by Gasteiger charge is 2.27. The molecule has 1 aromatic rings. The van der Waals surface area contributed by atoms with Gasteiger partial charge in [0.1, 0.15) is 6.04 Å². The highest BCUT2D eigenvalue weighted by molar-refractivity contribution is 8.71. The molecule has 26 heavy (non-hydrogen) atoms. The van der Waals surface area contributed by atoms with Gasteiger partial charge in [-0.15, -0.1) is 0 Å². The van der Waals surface area contributed by atoms with E-state index in [0.717, 1.165) is 0 Å². The van der Waals surface area contributed by atoms with Crippen molar-refractivity contribution in [1.82, 2.24) is 4.72 Å². The van der Waals surface area contributed by atoms with E-state index in [1.165, 1.54) is 0 Å². The van der Waals surface area contributed by atoms with E-state index >= 15 is 0 Å². The maximum Gasteiger partial charge on any atom is 0.324 e. The molecule has 1 N–H and O–H groups in total. The minimum Gasteiger partial charge on any atom is -0.465 e. The van der Waals surface area contributed by atoms with E-state index in [0.29, 0.717) is 22.6 Å². The molecule has 1 rings (SSSR count). The van der Waals surface area contributed by atoms with Crippen molar-refractivity contribution in [2.24, 2.45) is 0 Å². The van der Waals surface area contributed by atoms with E-state index in [-0.39, 0.29) is 24.6 Å². The quantitative estimate of drug-likeness (QED) is 0.194. The highest BCUT2D eigenvalue weighted by atomic mass is 33.1. The molecule has 0 aliphatic heterocycles. The zero-order chi connectivity index (χ0) is 19.8. The first-order valence-corrected chi connectivity index (χ1v) is 15.1. The average Bonchev–Trinajstić information content (AvgIpc) is 2.57. The van der Waals surface area contributed by atoms with Crippen LogP contribution in [0.5, 0.6) is 0 Å². The second-order valence-corrected chi connectivity index (χ2v) is 16.6. The van der Waals surface area contributed by atoms with Crippen LogP contribution in [0, 0.1) is 0 Å². The molecule has 0 aliphatic carbocycles. The summed E-state index contributed by atoms with van der Waals surface area (Å²) in [5.74, 6) is -0.844. The van der Waals surface area contributed by atoms with Gasteiger partial charge in [-0.2, -0.15) is 0 Å². The molecule has 1 aromatic carbocycles. The number of carbonyl (C=O) groups is 2. The second kappa shape index (κ2) is 10.2. The number of hydrogen-bond donors (Lipinski definition) is 1. The summed E-state index contributed by atoms with van der Waals surface area (Å²) in [6, 6.07) is 8.18. The van der Waals surface area contributed by atoms with Gasteiger partial charge in [0.2, 0.25) is 8.87 Å². The summed E-state index contributed by atoms with van der Waals surface area (Å²) in [4.78, 5) is 24.5. The van der Waals surface area contributed by atoms with Gasteiger partial charge in [-0.05, 0) is 13.0 Å². The first-order chi connectivity index (χ1) is 12.0. The molecule has 146 valence electrons. The Kier molecular flexibility index (Phi) is 9.01. The zero-order valence-electron chi connectivity index (χ0n) is 15.7. The second-order valence-electron chi connectivity index (χ2n) is 7.07. The van der Waals surface area contributed by atoms with Gasteiger partial charge in [0.15, 0.2) is 5.78 Å². The number of rotatable bonds is 11. The topological polar surface area (TPSA) is 89.5 Å². The van der Waals surface area contributed by atoms with Crippen molar-refractivity contribution in [3.8, 4) is 0 Å². The van der Waals surface area contributed by atoms with Crippen LogP contribution in [0.25, 0.3) is 0 Å². The summed E-state index contributed by atoms with van der Waals surface area (Å²) in [6.07, 6.45) is -0.167. The van der Waals surface area contributed by atoms with E-state index in [2.05, 4.69) is 24.4 Å². The van der Waals surface area contributed by atoms with Gasteiger partial charge >= 0.3 is 5.97 Å². The lowest BCUT2D eigenvalue weighted by Gasteiger charge is -2.18. The van der Waals surface area contributed by atoms with Gasteiger partial charge in [-0.3, -0.25) is 9.59 Å². The fourth-order valence-corrected chi connectivity index (χ4v) is 7.71. The summed E-state index contributed by atoms with van der Waals surface area (Å²) in [7, 11) is -4.42. The predicted molar refractivity (Wildman–Crippen MR) is 108 cm³/mol. The number of esters is 1. The molecule has 0 amide bonds. The molecule has 0 saturated carbocycles. The van der Waals surface area contributed by atoms with Crippen molar-refractivity contribution in [2.45, 2.75) is 45.1 Å². The van der Waals surface area contributed by atoms with Crippen LogP contribution in [-0.2, 0) is 18.4 Å². The Labute approximate surface area is 160 Å². The van der Waals surface area contributed by atoms with E-state index in [1.54, 1.807) is 37.3 Å². The van der Waals surface area contributed by atoms with Crippen LogP contribution in [0.4, 0.5) is 0 Å². The Balaban J connectivity index is 2.75. The molecule has 0 radical (unpaired) electrons. The van der Waals surface area contributed by atoms with Crippen LogP contribution in [0.2, 0.25) is 25.7 Å². The van der Waals surface area contributed by atoms with Crippen molar-refractivity contribution in [3.63, 3.8) is 0 Å². The molecule has 6 nitrogen and oxygen atoms in total. The van der Waals surface area contributed by atoms with E-state index in [9.17, 15) is 18.0 Å². The van der Waals surface area contributed by atoms with Gasteiger partial charge in [-0.25, -0.2) is 13.1 Å². The van der Waals surface area contributed by atoms with Crippen molar-refractivity contribution in [1.29, 1.82) is 0 Å². The molecule has 0 saturated heterocycles. The van der Waals surface area contributed by atoms with Gasteiger partial charge < -0.3 is 4.74 Å². The molecule has 0 fully saturated rings. The predicted octanol–water partition coefficient (Wildman–Crippen LogP) is 3.10. The third-order valence-electron chi connectivity index (χ3n) is 3.48. The number of carbonyl (C=O) groups excluding carboxylic acids is 2. The van der Waals surface area contributed by atoms with Crippen molar-refractivity contribution in [2.75, 3.05) is 12.4 Å². The maximum atomic E-state index is 12.3. The molecule has 0 unspecified atom stereocenters. The first-order valence-electron chi connectivity index (χ1n) is 8.45. The molecular weight excluding hydrogens is 390 g/mol. The van der Waals surface area contributed by atoms with Gasteiger partial charge in [-0.1, -0.05) is 50.0 Å². The lowest BCUT2D eigenvalue weighted by atomic mass is 10.0. The molecule has 0 spiro atoms. The summed E-state index contributed by atoms with van der Waals surface area (Å²) < 4.78 is 32.0. The van der Waals surface area contributed by atoms with Crippen molar-refractivity contribution >= 4 is 39.7 Å². The summed E-state index contributed by atoms with van der Waals surface area (Å²) >= 11 is 0. The molecule has 9 heteroatoms. The van der Waals surface area contributed by atoms with E-state index in [4.69, 9.17) is 4.74 Å².